The predicted molar refractivity (Wildman–Crippen MR) is 132 cm³/mol. The van der Waals surface area contributed by atoms with Crippen molar-refractivity contribution in [3.63, 3.8) is 0 Å². The van der Waals surface area contributed by atoms with Crippen molar-refractivity contribution >= 4 is 32.6 Å². The van der Waals surface area contributed by atoms with Crippen LogP contribution in [0.1, 0.15) is 31.3 Å². The van der Waals surface area contributed by atoms with Crippen molar-refractivity contribution in [2.24, 2.45) is 0 Å². The second-order valence-corrected chi connectivity index (χ2v) is 8.49. The summed E-state index contributed by atoms with van der Waals surface area (Å²) >= 11 is 1.48. The SMILES string of the molecule is CCOc1ccc2nc(N(CCN(CC)CC)C(=O)c3cc(-c4ccccc4)on3)sc2c1. The fraction of sp³-hybridized carbons (Fsp3) is 0.320. The molecule has 0 aliphatic rings. The molecule has 0 atom stereocenters. The van der Waals surface area contributed by atoms with Crippen LogP contribution in [-0.4, -0.2) is 53.7 Å². The Kier molecular flexibility index (Phi) is 7.36. The molecule has 4 aromatic rings. The highest BCUT2D eigenvalue weighted by atomic mass is 32.1. The quantitative estimate of drug-likeness (QED) is 0.316. The van der Waals surface area contributed by atoms with Gasteiger partial charge in [0, 0.05) is 24.7 Å². The Hall–Kier alpha value is -3.23. The van der Waals surface area contributed by atoms with E-state index in [9.17, 15) is 4.79 Å². The summed E-state index contributed by atoms with van der Waals surface area (Å²) in [7, 11) is 0. The number of carbonyl (C=O) groups excluding carboxylic acids is 1. The Morgan fingerprint density at radius 1 is 1.03 bits per heavy atom. The van der Waals surface area contributed by atoms with Crippen LogP contribution in [0.5, 0.6) is 5.75 Å². The first-order valence-corrected chi connectivity index (χ1v) is 12.0. The zero-order valence-corrected chi connectivity index (χ0v) is 20.0. The van der Waals surface area contributed by atoms with Gasteiger partial charge in [0.2, 0.25) is 0 Å². The summed E-state index contributed by atoms with van der Waals surface area (Å²) in [6.45, 7) is 9.86. The maximum atomic E-state index is 13.6. The summed E-state index contributed by atoms with van der Waals surface area (Å²) in [4.78, 5) is 22.3. The molecule has 0 aliphatic heterocycles. The molecule has 8 heteroatoms. The minimum Gasteiger partial charge on any atom is -0.494 e. The van der Waals surface area contributed by atoms with E-state index in [0.29, 0.717) is 24.0 Å². The van der Waals surface area contributed by atoms with Crippen molar-refractivity contribution in [2.45, 2.75) is 20.8 Å². The molecule has 0 bridgehead atoms. The van der Waals surface area contributed by atoms with E-state index >= 15 is 0 Å². The van der Waals surface area contributed by atoms with E-state index in [1.807, 2.05) is 55.5 Å². The van der Waals surface area contributed by atoms with Crippen molar-refractivity contribution in [1.29, 1.82) is 0 Å². The van der Waals surface area contributed by atoms with Crippen molar-refractivity contribution in [1.82, 2.24) is 15.0 Å². The molecule has 33 heavy (non-hydrogen) atoms. The number of ether oxygens (including phenoxy) is 1. The first-order chi connectivity index (χ1) is 16.1. The fourth-order valence-electron chi connectivity index (χ4n) is 3.58. The van der Waals surface area contributed by atoms with Crippen molar-refractivity contribution in [2.75, 3.05) is 37.7 Å². The second kappa shape index (κ2) is 10.6. The number of hydrogen-bond acceptors (Lipinski definition) is 7. The van der Waals surface area contributed by atoms with Gasteiger partial charge in [-0.3, -0.25) is 9.69 Å². The predicted octanol–water partition coefficient (Wildman–Crippen LogP) is 5.34. The Morgan fingerprint density at radius 3 is 2.55 bits per heavy atom. The number of nitrogens with zero attached hydrogens (tertiary/aromatic N) is 4. The topological polar surface area (TPSA) is 71.7 Å². The van der Waals surface area contributed by atoms with Crippen LogP contribution in [0, 0.1) is 0 Å². The van der Waals surface area contributed by atoms with Crippen LogP contribution in [0.3, 0.4) is 0 Å². The van der Waals surface area contributed by atoms with Crippen molar-refractivity contribution in [3.8, 4) is 17.1 Å². The lowest BCUT2D eigenvalue weighted by Gasteiger charge is -2.24. The molecular weight excluding hydrogens is 436 g/mol. The number of fused-ring (bicyclic) bond motifs is 1. The van der Waals surface area contributed by atoms with Crippen LogP contribution in [0.2, 0.25) is 0 Å². The summed E-state index contributed by atoms with van der Waals surface area (Å²) in [5.41, 5.74) is 1.98. The average molecular weight is 465 g/mol. The van der Waals surface area contributed by atoms with Crippen molar-refractivity contribution in [3.05, 3.63) is 60.3 Å². The summed E-state index contributed by atoms with van der Waals surface area (Å²) in [6, 6.07) is 17.1. The number of carbonyl (C=O) groups is 1. The first-order valence-electron chi connectivity index (χ1n) is 11.2. The normalized spacial score (nSPS) is 11.3. The molecule has 2 aromatic carbocycles. The van der Waals surface area contributed by atoms with Gasteiger partial charge in [0.05, 0.1) is 16.8 Å². The monoisotopic (exact) mass is 464 g/mol. The van der Waals surface area contributed by atoms with E-state index in [-0.39, 0.29) is 11.6 Å². The van der Waals surface area contributed by atoms with Crippen LogP contribution in [0.4, 0.5) is 5.13 Å². The van der Waals surface area contributed by atoms with E-state index < -0.39 is 0 Å². The van der Waals surface area contributed by atoms with Crippen LogP contribution >= 0.6 is 11.3 Å². The Balaban J connectivity index is 1.65. The van der Waals surface area contributed by atoms with E-state index in [2.05, 4.69) is 23.9 Å². The van der Waals surface area contributed by atoms with Gasteiger partial charge in [-0.1, -0.05) is 60.7 Å². The molecule has 1 amide bonds. The molecule has 0 spiro atoms. The summed E-state index contributed by atoms with van der Waals surface area (Å²) in [5.74, 6) is 1.13. The number of benzene rings is 2. The highest BCUT2D eigenvalue weighted by Crippen LogP contribution is 2.32. The number of hydrogen-bond donors (Lipinski definition) is 0. The van der Waals surface area contributed by atoms with Crippen LogP contribution in [0.15, 0.2) is 59.1 Å². The van der Waals surface area contributed by atoms with Crippen LogP contribution in [-0.2, 0) is 0 Å². The Morgan fingerprint density at radius 2 is 1.82 bits per heavy atom. The first kappa shape index (κ1) is 22.9. The van der Waals surface area contributed by atoms with E-state index in [1.165, 1.54) is 11.3 Å². The lowest BCUT2D eigenvalue weighted by atomic mass is 10.1. The Labute approximate surface area is 197 Å². The zero-order valence-electron chi connectivity index (χ0n) is 19.2. The summed E-state index contributed by atoms with van der Waals surface area (Å²) in [5, 5.41) is 4.71. The molecular formula is C25H28N4O3S. The molecule has 0 aliphatic carbocycles. The number of likely N-dealkylation sites (N-methyl/N-ethyl adjacent to an activating group) is 1. The Bertz CT molecular complexity index is 1200. The highest BCUT2D eigenvalue weighted by Gasteiger charge is 2.25. The lowest BCUT2D eigenvalue weighted by molar-refractivity contribution is 0.0975. The molecule has 0 N–H and O–H groups in total. The van der Waals surface area contributed by atoms with Gasteiger partial charge in [0.25, 0.3) is 5.91 Å². The smallest absolute Gasteiger partial charge is 0.282 e. The van der Waals surface area contributed by atoms with Gasteiger partial charge in [-0.15, -0.1) is 0 Å². The summed E-state index contributed by atoms with van der Waals surface area (Å²) in [6.07, 6.45) is 0. The molecule has 2 heterocycles. The standard InChI is InChI=1S/C25H28N4O3S/c1-4-28(5-2)14-15-29(25-26-20-13-12-19(31-6-3)16-23(20)33-25)24(30)21-17-22(32-27-21)18-10-8-7-9-11-18/h7-13,16-17H,4-6,14-15H2,1-3H3. The van der Waals surface area contributed by atoms with Gasteiger partial charge in [-0.25, -0.2) is 4.98 Å². The molecule has 0 saturated heterocycles. The third-order valence-electron chi connectivity index (χ3n) is 5.46. The van der Waals surface area contributed by atoms with Gasteiger partial charge in [-0.05, 0) is 38.2 Å². The number of thiazole rings is 1. The maximum absolute atomic E-state index is 13.6. The third kappa shape index (κ3) is 5.23. The molecule has 0 fully saturated rings. The highest BCUT2D eigenvalue weighted by molar-refractivity contribution is 7.22. The fourth-order valence-corrected chi connectivity index (χ4v) is 4.60. The molecule has 0 radical (unpaired) electrons. The van der Waals surface area contributed by atoms with Gasteiger partial charge < -0.3 is 14.2 Å². The molecule has 0 unspecified atom stereocenters. The van der Waals surface area contributed by atoms with Crippen molar-refractivity contribution < 1.29 is 14.1 Å². The maximum Gasteiger partial charge on any atom is 0.282 e. The molecule has 2 aromatic heterocycles. The number of anilines is 1. The largest absolute Gasteiger partial charge is 0.494 e. The molecule has 4 rings (SSSR count). The zero-order chi connectivity index (χ0) is 23.2. The van der Waals surface area contributed by atoms with Gasteiger partial charge in [0.1, 0.15) is 5.75 Å². The average Bonchev–Trinajstić information content (AvgIpc) is 3.50. The van der Waals surface area contributed by atoms with Gasteiger partial charge in [0.15, 0.2) is 16.6 Å². The van der Waals surface area contributed by atoms with E-state index in [4.69, 9.17) is 14.2 Å². The molecule has 172 valence electrons. The minimum atomic E-state index is -0.225. The van der Waals surface area contributed by atoms with Crippen LogP contribution in [0.25, 0.3) is 21.5 Å². The second-order valence-electron chi connectivity index (χ2n) is 7.49. The molecule has 0 saturated carbocycles. The lowest BCUT2D eigenvalue weighted by Crippen LogP contribution is -2.39. The van der Waals surface area contributed by atoms with Crippen LogP contribution < -0.4 is 9.64 Å². The summed E-state index contributed by atoms with van der Waals surface area (Å²) < 4.78 is 12.1. The van der Waals surface area contributed by atoms with E-state index in [0.717, 1.165) is 41.2 Å². The van der Waals surface area contributed by atoms with E-state index in [1.54, 1.807) is 11.0 Å². The number of rotatable bonds is 10. The number of aromatic nitrogens is 2. The third-order valence-corrected chi connectivity index (χ3v) is 6.50. The van der Waals surface area contributed by atoms with Gasteiger partial charge in [-0.2, -0.15) is 0 Å². The van der Waals surface area contributed by atoms with Gasteiger partial charge >= 0.3 is 0 Å². The molecule has 7 nitrogen and oxygen atoms in total. The number of amides is 1. The minimum absolute atomic E-state index is 0.225.